The standard InChI is InChI=1S/C11H13ClFNO/c1-7-10(4-5-15-7)14-11-6-8(13)2-3-9(11)12/h2-3,6-7,10,14H,4-5H2,1H3. The predicted octanol–water partition coefficient (Wildman–Crippen LogP) is 3.07. The van der Waals surface area contributed by atoms with Crippen molar-refractivity contribution in [2.75, 3.05) is 11.9 Å². The van der Waals surface area contributed by atoms with Crippen LogP contribution in [0.25, 0.3) is 0 Å². The van der Waals surface area contributed by atoms with Gasteiger partial charge in [-0.1, -0.05) is 11.6 Å². The van der Waals surface area contributed by atoms with Crippen molar-refractivity contribution in [1.29, 1.82) is 0 Å². The Morgan fingerprint density at radius 1 is 1.53 bits per heavy atom. The minimum atomic E-state index is -0.284. The summed E-state index contributed by atoms with van der Waals surface area (Å²) in [6.07, 6.45) is 1.07. The fourth-order valence-electron chi connectivity index (χ4n) is 1.73. The molecule has 15 heavy (non-hydrogen) atoms. The molecule has 2 nitrogen and oxygen atoms in total. The quantitative estimate of drug-likeness (QED) is 0.842. The molecule has 2 unspecified atom stereocenters. The van der Waals surface area contributed by atoms with Crippen LogP contribution in [0.3, 0.4) is 0 Å². The van der Waals surface area contributed by atoms with Gasteiger partial charge in [0.15, 0.2) is 0 Å². The Balaban J connectivity index is 2.12. The topological polar surface area (TPSA) is 21.3 Å². The summed E-state index contributed by atoms with van der Waals surface area (Å²) in [7, 11) is 0. The maximum absolute atomic E-state index is 13.0. The summed E-state index contributed by atoms with van der Waals surface area (Å²) in [5.41, 5.74) is 0.638. The number of anilines is 1. The van der Waals surface area contributed by atoms with Crippen molar-refractivity contribution in [1.82, 2.24) is 0 Å². The average molecular weight is 230 g/mol. The van der Waals surface area contributed by atoms with E-state index in [1.54, 1.807) is 6.07 Å². The van der Waals surface area contributed by atoms with Gasteiger partial charge in [-0.15, -0.1) is 0 Å². The summed E-state index contributed by atoms with van der Waals surface area (Å²) in [5, 5.41) is 3.74. The Morgan fingerprint density at radius 3 is 3.00 bits per heavy atom. The van der Waals surface area contributed by atoms with Crippen molar-refractivity contribution in [3.8, 4) is 0 Å². The van der Waals surface area contributed by atoms with E-state index in [0.29, 0.717) is 10.7 Å². The summed E-state index contributed by atoms with van der Waals surface area (Å²) < 4.78 is 18.4. The van der Waals surface area contributed by atoms with Crippen molar-refractivity contribution in [3.05, 3.63) is 29.0 Å². The van der Waals surface area contributed by atoms with Gasteiger partial charge in [0.25, 0.3) is 0 Å². The van der Waals surface area contributed by atoms with Crippen LogP contribution in [0.5, 0.6) is 0 Å². The Kier molecular flexibility index (Phi) is 3.12. The first-order valence-electron chi connectivity index (χ1n) is 5.00. The molecule has 0 saturated carbocycles. The number of hydrogen-bond donors (Lipinski definition) is 1. The Hall–Kier alpha value is -0.800. The number of halogens is 2. The van der Waals surface area contributed by atoms with Gasteiger partial charge in [0.2, 0.25) is 0 Å². The molecule has 0 aromatic heterocycles. The number of hydrogen-bond acceptors (Lipinski definition) is 2. The Labute approximate surface area is 93.4 Å². The average Bonchev–Trinajstić information content (AvgIpc) is 2.58. The van der Waals surface area contributed by atoms with Gasteiger partial charge < -0.3 is 10.1 Å². The summed E-state index contributed by atoms with van der Waals surface area (Å²) in [6, 6.07) is 4.53. The molecule has 0 bridgehead atoms. The number of rotatable bonds is 2. The maximum Gasteiger partial charge on any atom is 0.125 e. The molecule has 0 aliphatic carbocycles. The van der Waals surface area contributed by atoms with Crippen molar-refractivity contribution in [2.45, 2.75) is 25.5 Å². The highest BCUT2D eigenvalue weighted by Crippen LogP contribution is 2.26. The third-order valence-electron chi connectivity index (χ3n) is 2.65. The van der Waals surface area contributed by atoms with Crippen LogP contribution in [0.2, 0.25) is 5.02 Å². The van der Waals surface area contributed by atoms with Crippen LogP contribution in [0.4, 0.5) is 10.1 Å². The van der Waals surface area contributed by atoms with Gasteiger partial charge >= 0.3 is 0 Å². The molecule has 0 radical (unpaired) electrons. The summed E-state index contributed by atoms with van der Waals surface area (Å²) in [5.74, 6) is -0.284. The second kappa shape index (κ2) is 4.37. The highest BCUT2D eigenvalue weighted by atomic mass is 35.5. The molecule has 0 amide bonds. The molecule has 1 saturated heterocycles. The first kappa shape index (κ1) is 10.7. The van der Waals surface area contributed by atoms with Crippen molar-refractivity contribution >= 4 is 17.3 Å². The highest BCUT2D eigenvalue weighted by molar-refractivity contribution is 6.33. The van der Waals surface area contributed by atoms with Gasteiger partial charge in [0, 0.05) is 6.61 Å². The number of benzene rings is 1. The Morgan fingerprint density at radius 2 is 2.33 bits per heavy atom. The third-order valence-corrected chi connectivity index (χ3v) is 2.98. The summed E-state index contributed by atoms with van der Waals surface area (Å²) in [6.45, 7) is 2.74. The molecular weight excluding hydrogens is 217 g/mol. The monoisotopic (exact) mass is 229 g/mol. The zero-order valence-corrected chi connectivity index (χ0v) is 9.22. The van der Waals surface area contributed by atoms with Crippen LogP contribution in [0.1, 0.15) is 13.3 Å². The lowest BCUT2D eigenvalue weighted by Gasteiger charge is -2.18. The van der Waals surface area contributed by atoms with E-state index in [-0.39, 0.29) is 18.0 Å². The molecule has 1 aromatic rings. The Bertz CT molecular complexity index is 358. The zero-order valence-electron chi connectivity index (χ0n) is 8.47. The molecular formula is C11H13ClFNO. The van der Waals surface area contributed by atoms with E-state index in [1.807, 2.05) is 6.92 Å². The molecule has 1 aromatic carbocycles. The van der Waals surface area contributed by atoms with E-state index in [2.05, 4.69) is 5.32 Å². The van der Waals surface area contributed by atoms with E-state index in [4.69, 9.17) is 16.3 Å². The van der Waals surface area contributed by atoms with Crippen molar-refractivity contribution in [3.63, 3.8) is 0 Å². The molecule has 1 aliphatic heterocycles. The van der Waals surface area contributed by atoms with E-state index in [9.17, 15) is 4.39 Å². The second-order valence-corrected chi connectivity index (χ2v) is 4.15. The van der Waals surface area contributed by atoms with Gasteiger partial charge in [-0.05, 0) is 31.5 Å². The lowest BCUT2D eigenvalue weighted by molar-refractivity contribution is 0.121. The maximum atomic E-state index is 13.0. The number of ether oxygens (including phenoxy) is 1. The number of nitrogens with one attached hydrogen (secondary N) is 1. The first-order chi connectivity index (χ1) is 7.16. The van der Waals surface area contributed by atoms with Gasteiger partial charge in [-0.3, -0.25) is 0 Å². The molecule has 1 aliphatic rings. The van der Waals surface area contributed by atoms with Crippen LogP contribution in [0.15, 0.2) is 18.2 Å². The first-order valence-corrected chi connectivity index (χ1v) is 5.38. The molecule has 1 N–H and O–H groups in total. The van der Waals surface area contributed by atoms with Crippen LogP contribution < -0.4 is 5.32 Å². The largest absolute Gasteiger partial charge is 0.378 e. The summed E-state index contributed by atoms with van der Waals surface area (Å²) >= 11 is 5.95. The molecule has 4 heteroatoms. The van der Waals surface area contributed by atoms with Crippen LogP contribution in [-0.4, -0.2) is 18.8 Å². The van der Waals surface area contributed by atoms with E-state index < -0.39 is 0 Å². The van der Waals surface area contributed by atoms with Crippen molar-refractivity contribution < 1.29 is 9.13 Å². The summed E-state index contributed by atoms with van der Waals surface area (Å²) in [4.78, 5) is 0. The predicted molar refractivity (Wildman–Crippen MR) is 58.9 cm³/mol. The van der Waals surface area contributed by atoms with Gasteiger partial charge in [0.05, 0.1) is 22.9 Å². The lowest BCUT2D eigenvalue weighted by Crippen LogP contribution is -2.26. The lowest BCUT2D eigenvalue weighted by atomic mass is 10.1. The third kappa shape index (κ3) is 2.41. The van der Waals surface area contributed by atoms with Crippen LogP contribution in [-0.2, 0) is 4.74 Å². The minimum absolute atomic E-state index is 0.143. The van der Waals surface area contributed by atoms with Gasteiger partial charge in [-0.25, -0.2) is 4.39 Å². The van der Waals surface area contributed by atoms with Crippen molar-refractivity contribution in [2.24, 2.45) is 0 Å². The van der Waals surface area contributed by atoms with Crippen LogP contribution in [0, 0.1) is 5.82 Å². The fraction of sp³-hybridized carbons (Fsp3) is 0.455. The van der Waals surface area contributed by atoms with Crippen LogP contribution >= 0.6 is 11.6 Å². The minimum Gasteiger partial charge on any atom is -0.378 e. The molecule has 1 fully saturated rings. The molecule has 2 rings (SSSR count). The second-order valence-electron chi connectivity index (χ2n) is 3.74. The van der Waals surface area contributed by atoms with E-state index >= 15 is 0 Å². The van der Waals surface area contributed by atoms with Gasteiger partial charge in [0.1, 0.15) is 5.82 Å². The SMILES string of the molecule is CC1OCCC1Nc1cc(F)ccc1Cl. The highest BCUT2D eigenvalue weighted by Gasteiger charge is 2.24. The van der Waals surface area contributed by atoms with E-state index in [1.165, 1.54) is 12.1 Å². The molecule has 1 heterocycles. The van der Waals surface area contributed by atoms with Gasteiger partial charge in [-0.2, -0.15) is 0 Å². The fourth-order valence-corrected chi connectivity index (χ4v) is 1.90. The van der Waals surface area contributed by atoms with E-state index in [0.717, 1.165) is 13.0 Å². The zero-order chi connectivity index (χ0) is 10.8. The molecule has 2 atom stereocenters. The molecule has 82 valence electrons. The molecule has 0 spiro atoms. The normalized spacial score (nSPS) is 25.5. The smallest absolute Gasteiger partial charge is 0.125 e.